The number of nitrogens with one attached hydrogen (secondary N) is 1. The van der Waals surface area contributed by atoms with Crippen LogP contribution in [0.1, 0.15) is 18.4 Å². The summed E-state index contributed by atoms with van der Waals surface area (Å²) in [6, 6.07) is 8.68. The zero-order chi connectivity index (χ0) is 19.7. The van der Waals surface area contributed by atoms with Gasteiger partial charge in [0.1, 0.15) is 5.82 Å². The molecule has 0 amide bonds. The van der Waals surface area contributed by atoms with Crippen molar-refractivity contribution in [2.45, 2.75) is 31.2 Å². The molecule has 1 aliphatic heterocycles. The third-order valence-corrected chi connectivity index (χ3v) is 4.77. The molecular formula is C19H19F3N4O2. The van der Waals surface area contributed by atoms with Crippen LogP contribution in [0, 0.1) is 0 Å². The summed E-state index contributed by atoms with van der Waals surface area (Å²) in [5, 5.41) is 16.9. The Bertz CT molecular complexity index is 965. The molecule has 28 heavy (non-hydrogen) atoms. The highest BCUT2D eigenvalue weighted by atomic mass is 19.4. The normalized spacial score (nSPS) is 20.4. The molecule has 0 radical (unpaired) electrons. The van der Waals surface area contributed by atoms with Crippen molar-refractivity contribution < 1.29 is 23.0 Å². The van der Waals surface area contributed by atoms with Crippen molar-refractivity contribution in [1.82, 2.24) is 14.6 Å². The second-order valence-electron chi connectivity index (χ2n) is 6.77. The van der Waals surface area contributed by atoms with E-state index in [1.807, 2.05) is 0 Å². The van der Waals surface area contributed by atoms with Crippen LogP contribution >= 0.6 is 0 Å². The lowest BCUT2D eigenvalue weighted by Gasteiger charge is -2.28. The number of imidazole rings is 1. The summed E-state index contributed by atoms with van der Waals surface area (Å²) < 4.78 is 46.2. The van der Waals surface area contributed by atoms with Crippen LogP contribution in [0.25, 0.3) is 16.9 Å². The van der Waals surface area contributed by atoms with Crippen LogP contribution in [0.2, 0.25) is 0 Å². The predicted molar refractivity (Wildman–Crippen MR) is 96.9 cm³/mol. The highest BCUT2D eigenvalue weighted by Crippen LogP contribution is 2.32. The average Bonchev–Trinajstić information content (AvgIpc) is 3.11. The minimum absolute atomic E-state index is 0.00627. The van der Waals surface area contributed by atoms with Gasteiger partial charge in [-0.3, -0.25) is 0 Å². The molecule has 4 rings (SSSR count). The van der Waals surface area contributed by atoms with Crippen molar-refractivity contribution in [2.24, 2.45) is 0 Å². The van der Waals surface area contributed by atoms with Crippen molar-refractivity contribution in [3.63, 3.8) is 0 Å². The number of hydrogen-bond acceptors (Lipinski definition) is 5. The maximum absolute atomic E-state index is 13.0. The van der Waals surface area contributed by atoms with Gasteiger partial charge in [-0.1, -0.05) is 12.1 Å². The maximum Gasteiger partial charge on any atom is 0.416 e. The number of halogens is 3. The molecule has 1 fully saturated rings. The quantitative estimate of drug-likeness (QED) is 0.712. The van der Waals surface area contributed by atoms with E-state index in [1.54, 1.807) is 18.2 Å². The van der Waals surface area contributed by atoms with Crippen molar-refractivity contribution in [3.05, 3.63) is 48.2 Å². The van der Waals surface area contributed by atoms with Crippen LogP contribution in [0.15, 0.2) is 42.6 Å². The molecular weight excluding hydrogens is 373 g/mol. The molecule has 1 aromatic carbocycles. The van der Waals surface area contributed by atoms with Crippen LogP contribution in [-0.4, -0.2) is 45.1 Å². The SMILES string of the molecule is OC[C@H]1CC[C@H](Nc2ccc3ncc(-c4cccc(C(F)(F)F)c4)n3n2)CO1. The lowest BCUT2D eigenvalue weighted by atomic mass is 10.1. The van der Waals surface area contributed by atoms with E-state index in [0.29, 0.717) is 29.3 Å². The first-order valence-corrected chi connectivity index (χ1v) is 8.95. The maximum atomic E-state index is 13.0. The zero-order valence-corrected chi connectivity index (χ0v) is 14.9. The van der Waals surface area contributed by atoms with Crippen LogP contribution in [0.5, 0.6) is 0 Å². The van der Waals surface area contributed by atoms with E-state index in [2.05, 4.69) is 15.4 Å². The highest BCUT2D eigenvalue weighted by Gasteiger charge is 2.30. The Labute approximate surface area is 159 Å². The van der Waals surface area contributed by atoms with Crippen molar-refractivity contribution in [2.75, 3.05) is 18.5 Å². The van der Waals surface area contributed by atoms with Crippen molar-refractivity contribution in [1.29, 1.82) is 0 Å². The van der Waals surface area contributed by atoms with Crippen molar-refractivity contribution in [3.8, 4) is 11.3 Å². The number of rotatable bonds is 4. The number of ether oxygens (including phenoxy) is 1. The third kappa shape index (κ3) is 3.81. The summed E-state index contributed by atoms with van der Waals surface area (Å²) in [7, 11) is 0. The zero-order valence-electron chi connectivity index (χ0n) is 14.9. The molecule has 2 N–H and O–H groups in total. The van der Waals surface area contributed by atoms with Gasteiger partial charge in [-0.15, -0.1) is 5.10 Å². The third-order valence-electron chi connectivity index (χ3n) is 4.77. The van der Waals surface area contributed by atoms with E-state index in [4.69, 9.17) is 9.84 Å². The summed E-state index contributed by atoms with van der Waals surface area (Å²) in [5.41, 5.74) is 0.689. The van der Waals surface area contributed by atoms with E-state index in [1.165, 1.54) is 16.8 Å². The van der Waals surface area contributed by atoms with Gasteiger partial charge in [0.15, 0.2) is 5.65 Å². The number of alkyl halides is 3. The molecule has 0 aliphatic carbocycles. The van der Waals surface area contributed by atoms with Crippen molar-refractivity contribution >= 4 is 11.5 Å². The Morgan fingerprint density at radius 3 is 2.79 bits per heavy atom. The molecule has 2 atom stereocenters. The van der Waals surface area contributed by atoms with Gasteiger partial charge >= 0.3 is 6.18 Å². The summed E-state index contributed by atoms with van der Waals surface area (Å²) in [5.74, 6) is 0.578. The molecule has 3 heterocycles. The molecule has 0 bridgehead atoms. The van der Waals surface area contributed by atoms with Gasteiger partial charge in [-0.05, 0) is 37.1 Å². The topological polar surface area (TPSA) is 71.7 Å². The van der Waals surface area contributed by atoms with E-state index in [-0.39, 0.29) is 18.8 Å². The van der Waals surface area contributed by atoms with Crippen LogP contribution in [-0.2, 0) is 10.9 Å². The number of aromatic nitrogens is 3. The molecule has 148 valence electrons. The van der Waals surface area contributed by atoms with E-state index in [9.17, 15) is 13.2 Å². The number of benzene rings is 1. The summed E-state index contributed by atoms with van der Waals surface area (Å²) in [4.78, 5) is 4.23. The molecule has 6 nitrogen and oxygen atoms in total. The molecule has 2 aromatic heterocycles. The fourth-order valence-corrected chi connectivity index (χ4v) is 3.27. The lowest BCUT2D eigenvalue weighted by molar-refractivity contribution is -0.137. The number of nitrogens with zero attached hydrogens (tertiary/aromatic N) is 3. The summed E-state index contributed by atoms with van der Waals surface area (Å²) >= 11 is 0. The Balaban J connectivity index is 1.60. The van der Waals surface area contributed by atoms with Crippen LogP contribution in [0.3, 0.4) is 0 Å². The molecule has 0 spiro atoms. The van der Waals surface area contributed by atoms with Gasteiger partial charge in [0.25, 0.3) is 0 Å². The molecule has 1 aliphatic rings. The first kappa shape index (κ1) is 18.7. The van der Waals surface area contributed by atoms with E-state index >= 15 is 0 Å². The minimum Gasteiger partial charge on any atom is -0.394 e. The number of aliphatic hydroxyl groups excluding tert-OH is 1. The summed E-state index contributed by atoms with van der Waals surface area (Å²) in [6.45, 7) is 0.460. The lowest BCUT2D eigenvalue weighted by Crippen LogP contribution is -2.36. The monoisotopic (exact) mass is 392 g/mol. The molecule has 3 aromatic rings. The van der Waals surface area contributed by atoms with Gasteiger partial charge in [0.05, 0.1) is 42.8 Å². The first-order chi connectivity index (χ1) is 13.4. The predicted octanol–water partition coefficient (Wildman–Crippen LogP) is 3.37. The van der Waals surface area contributed by atoms with Crippen LogP contribution in [0.4, 0.5) is 19.0 Å². The van der Waals surface area contributed by atoms with Gasteiger partial charge in [-0.2, -0.15) is 13.2 Å². The van der Waals surface area contributed by atoms with E-state index in [0.717, 1.165) is 25.0 Å². The Kier molecular flexibility index (Phi) is 4.94. The van der Waals surface area contributed by atoms with Gasteiger partial charge in [0.2, 0.25) is 0 Å². The van der Waals surface area contributed by atoms with E-state index < -0.39 is 11.7 Å². The Hall–Kier alpha value is -2.65. The molecule has 0 saturated carbocycles. The first-order valence-electron chi connectivity index (χ1n) is 8.95. The van der Waals surface area contributed by atoms with Gasteiger partial charge < -0.3 is 15.2 Å². The number of fused-ring (bicyclic) bond motifs is 1. The number of aliphatic hydroxyl groups is 1. The second-order valence-corrected chi connectivity index (χ2v) is 6.77. The second kappa shape index (κ2) is 7.40. The highest BCUT2D eigenvalue weighted by molar-refractivity contribution is 5.64. The average molecular weight is 392 g/mol. The Morgan fingerprint density at radius 1 is 1.21 bits per heavy atom. The summed E-state index contributed by atoms with van der Waals surface area (Å²) in [6.07, 6.45) is -1.46. The largest absolute Gasteiger partial charge is 0.416 e. The molecule has 9 heteroatoms. The Morgan fingerprint density at radius 2 is 2.07 bits per heavy atom. The number of anilines is 1. The fraction of sp³-hybridized carbons (Fsp3) is 0.368. The molecule has 0 unspecified atom stereocenters. The minimum atomic E-state index is -4.41. The number of hydrogen-bond donors (Lipinski definition) is 2. The fourth-order valence-electron chi connectivity index (χ4n) is 3.27. The smallest absolute Gasteiger partial charge is 0.394 e. The van der Waals surface area contributed by atoms with Gasteiger partial charge in [0, 0.05) is 5.56 Å². The van der Waals surface area contributed by atoms with Gasteiger partial charge in [-0.25, -0.2) is 9.50 Å². The molecule has 1 saturated heterocycles. The van der Waals surface area contributed by atoms with Crippen LogP contribution < -0.4 is 5.32 Å². The standard InChI is InChI=1S/C19H19F3N4O2/c20-19(21,22)13-3-1-2-12(8-13)16-9-23-18-7-6-17(25-26(16)18)24-14-4-5-15(10-27)28-11-14/h1-3,6-9,14-15,27H,4-5,10-11H2,(H,24,25)/t14-,15+/m0/s1.